The summed E-state index contributed by atoms with van der Waals surface area (Å²) in [7, 11) is 4.22. The highest BCUT2D eigenvalue weighted by Crippen LogP contribution is 2.27. The maximum absolute atomic E-state index is 12.1. The number of carbonyl (C=O) groups is 2. The smallest absolute Gasteiger partial charge is 0.228 e. The number of Topliss-reactive ketones (excluding diaryl/α,β-unsaturated/α-hetero) is 2. The fourth-order valence-electron chi connectivity index (χ4n) is 1.70. The Morgan fingerprint density at radius 2 is 1.47 bits per heavy atom. The third kappa shape index (κ3) is 2.39. The van der Waals surface area contributed by atoms with Crippen LogP contribution in [0.2, 0.25) is 0 Å². The van der Waals surface area contributed by atoms with Crippen LogP contribution < -0.4 is 0 Å². The second-order valence-corrected chi connectivity index (χ2v) is 3.57. The number of hydrogen-bond acceptors (Lipinski definition) is 5. The van der Waals surface area contributed by atoms with E-state index in [-0.39, 0.29) is 23.1 Å². The van der Waals surface area contributed by atoms with Crippen molar-refractivity contribution in [3.8, 4) is 0 Å². The molecular weight excluding hydrogens is 224 g/mol. The highest BCUT2D eigenvalue weighted by molar-refractivity contribution is 6.23. The lowest BCUT2D eigenvalue weighted by Crippen LogP contribution is -2.25. The summed E-state index contributed by atoms with van der Waals surface area (Å²) in [6.45, 7) is 1.99. The van der Waals surface area contributed by atoms with Crippen LogP contribution in [-0.4, -0.2) is 39.5 Å². The molecule has 0 aromatic heterocycles. The molecular formula is C12H16O5. The van der Waals surface area contributed by atoms with Gasteiger partial charge in [-0.15, -0.1) is 0 Å². The minimum atomic E-state index is -0.310. The lowest BCUT2D eigenvalue weighted by atomic mass is 9.91. The van der Waals surface area contributed by atoms with Crippen LogP contribution in [-0.2, 0) is 23.8 Å². The molecule has 1 aliphatic carbocycles. The molecule has 0 heterocycles. The van der Waals surface area contributed by atoms with Crippen molar-refractivity contribution in [2.75, 3.05) is 27.9 Å². The standard InChI is InChI=1S/C12H16O5/c1-7-8(5-6-15-2)10(14)12(17-4)11(16-3)9(7)13/h5-6H2,1-4H3. The Balaban J connectivity index is 3.14. The number of methoxy groups -OCH3 is 3. The fraction of sp³-hybridized carbons (Fsp3) is 0.500. The molecule has 0 bridgehead atoms. The topological polar surface area (TPSA) is 61.8 Å². The molecule has 17 heavy (non-hydrogen) atoms. The highest BCUT2D eigenvalue weighted by Gasteiger charge is 2.34. The summed E-state index contributed by atoms with van der Waals surface area (Å²) in [5.41, 5.74) is 0.819. The summed E-state index contributed by atoms with van der Waals surface area (Å²) in [6.07, 6.45) is 0.386. The van der Waals surface area contributed by atoms with E-state index < -0.39 is 0 Å². The van der Waals surface area contributed by atoms with Gasteiger partial charge in [-0.1, -0.05) is 0 Å². The van der Waals surface area contributed by atoms with Gasteiger partial charge in [-0.2, -0.15) is 0 Å². The minimum Gasteiger partial charge on any atom is -0.489 e. The van der Waals surface area contributed by atoms with Crippen molar-refractivity contribution < 1.29 is 23.8 Å². The number of rotatable bonds is 5. The largest absolute Gasteiger partial charge is 0.489 e. The van der Waals surface area contributed by atoms with Gasteiger partial charge >= 0.3 is 0 Å². The third-order valence-electron chi connectivity index (χ3n) is 2.65. The van der Waals surface area contributed by atoms with Crippen LogP contribution in [0.25, 0.3) is 0 Å². The van der Waals surface area contributed by atoms with Crippen molar-refractivity contribution in [2.24, 2.45) is 0 Å². The van der Waals surface area contributed by atoms with Crippen LogP contribution in [0.15, 0.2) is 22.7 Å². The maximum Gasteiger partial charge on any atom is 0.228 e. The monoisotopic (exact) mass is 240 g/mol. The van der Waals surface area contributed by atoms with Crippen molar-refractivity contribution in [2.45, 2.75) is 13.3 Å². The van der Waals surface area contributed by atoms with Crippen molar-refractivity contribution in [1.29, 1.82) is 0 Å². The van der Waals surface area contributed by atoms with Crippen LogP contribution in [0.1, 0.15) is 13.3 Å². The quantitative estimate of drug-likeness (QED) is 0.671. The predicted octanol–water partition coefficient (Wildman–Crippen LogP) is 0.996. The lowest BCUT2D eigenvalue weighted by Gasteiger charge is -2.19. The molecule has 5 nitrogen and oxygen atoms in total. The molecule has 0 atom stereocenters. The molecule has 0 amide bonds. The summed E-state index contributed by atoms with van der Waals surface area (Å²) < 4.78 is 14.8. The summed E-state index contributed by atoms with van der Waals surface area (Å²) in [6, 6.07) is 0. The van der Waals surface area contributed by atoms with E-state index in [1.807, 2.05) is 0 Å². The molecule has 0 aliphatic heterocycles. The van der Waals surface area contributed by atoms with Crippen molar-refractivity contribution >= 4 is 11.6 Å². The molecule has 0 aromatic rings. The molecule has 0 saturated heterocycles. The van der Waals surface area contributed by atoms with E-state index in [1.54, 1.807) is 14.0 Å². The highest BCUT2D eigenvalue weighted by atomic mass is 16.5. The van der Waals surface area contributed by atoms with Crippen molar-refractivity contribution in [3.63, 3.8) is 0 Å². The second-order valence-electron chi connectivity index (χ2n) is 3.57. The van der Waals surface area contributed by atoms with E-state index in [0.29, 0.717) is 24.2 Å². The third-order valence-corrected chi connectivity index (χ3v) is 2.65. The van der Waals surface area contributed by atoms with E-state index in [2.05, 4.69) is 0 Å². The average molecular weight is 240 g/mol. The lowest BCUT2D eigenvalue weighted by molar-refractivity contribution is -0.121. The molecule has 0 N–H and O–H groups in total. The molecule has 1 aliphatic rings. The molecule has 0 radical (unpaired) electrons. The molecule has 0 spiro atoms. The Morgan fingerprint density at radius 3 is 1.94 bits per heavy atom. The van der Waals surface area contributed by atoms with Crippen LogP contribution >= 0.6 is 0 Å². The van der Waals surface area contributed by atoms with Gasteiger partial charge in [-0.25, -0.2) is 0 Å². The molecule has 0 fully saturated rings. The Morgan fingerprint density at radius 1 is 0.941 bits per heavy atom. The predicted molar refractivity (Wildman–Crippen MR) is 60.3 cm³/mol. The van der Waals surface area contributed by atoms with E-state index in [4.69, 9.17) is 14.2 Å². The van der Waals surface area contributed by atoms with Gasteiger partial charge in [0.05, 0.1) is 20.8 Å². The minimum absolute atomic E-state index is 0.0313. The van der Waals surface area contributed by atoms with E-state index >= 15 is 0 Å². The average Bonchev–Trinajstić information content (AvgIpc) is 2.33. The number of ether oxygens (including phenoxy) is 3. The van der Waals surface area contributed by atoms with Gasteiger partial charge in [-0.05, 0) is 6.92 Å². The second kappa shape index (κ2) is 5.63. The molecule has 94 valence electrons. The van der Waals surface area contributed by atoms with Crippen molar-refractivity contribution in [1.82, 2.24) is 0 Å². The zero-order chi connectivity index (χ0) is 13.0. The number of allylic oxidation sites excluding steroid dienone is 2. The van der Waals surface area contributed by atoms with Crippen molar-refractivity contribution in [3.05, 3.63) is 22.7 Å². The zero-order valence-corrected chi connectivity index (χ0v) is 10.5. The number of ketones is 2. The van der Waals surface area contributed by atoms with Crippen LogP contribution in [0.3, 0.4) is 0 Å². The first kappa shape index (κ1) is 13.4. The van der Waals surface area contributed by atoms with Crippen LogP contribution in [0.4, 0.5) is 0 Å². The van der Waals surface area contributed by atoms with Gasteiger partial charge in [-0.3, -0.25) is 9.59 Å². The first-order chi connectivity index (χ1) is 8.08. The van der Waals surface area contributed by atoms with Crippen LogP contribution in [0.5, 0.6) is 0 Å². The maximum atomic E-state index is 12.1. The van der Waals surface area contributed by atoms with Gasteiger partial charge in [0.1, 0.15) is 0 Å². The number of hydrogen-bond donors (Lipinski definition) is 0. The molecule has 0 unspecified atom stereocenters. The normalized spacial score (nSPS) is 16.7. The van der Waals surface area contributed by atoms with E-state index in [9.17, 15) is 9.59 Å². The summed E-state index contributed by atoms with van der Waals surface area (Å²) in [5, 5.41) is 0. The first-order valence-electron chi connectivity index (χ1n) is 5.18. The Labute approximate surface area is 100 Å². The summed E-state index contributed by atoms with van der Waals surface area (Å²) in [5.74, 6) is -0.682. The number of carbonyl (C=O) groups excluding carboxylic acids is 2. The van der Waals surface area contributed by atoms with Gasteiger partial charge in [0.15, 0.2) is 0 Å². The van der Waals surface area contributed by atoms with E-state index in [0.717, 1.165) is 0 Å². The Bertz CT molecular complexity index is 403. The SMILES string of the molecule is COCCC1=C(C)C(=O)C(OC)=C(OC)C1=O. The van der Waals surface area contributed by atoms with Crippen LogP contribution in [0, 0.1) is 0 Å². The van der Waals surface area contributed by atoms with E-state index in [1.165, 1.54) is 14.2 Å². The Kier molecular flexibility index (Phi) is 4.45. The molecule has 1 rings (SSSR count). The van der Waals surface area contributed by atoms with Gasteiger partial charge in [0, 0.05) is 24.7 Å². The van der Waals surface area contributed by atoms with Gasteiger partial charge in [0.2, 0.25) is 23.1 Å². The fourth-order valence-corrected chi connectivity index (χ4v) is 1.70. The summed E-state index contributed by atoms with van der Waals surface area (Å²) in [4.78, 5) is 24.0. The zero-order valence-electron chi connectivity index (χ0n) is 10.5. The van der Waals surface area contributed by atoms with Gasteiger partial charge in [0.25, 0.3) is 0 Å². The summed E-state index contributed by atoms with van der Waals surface area (Å²) >= 11 is 0. The molecule has 0 aromatic carbocycles. The molecule has 0 saturated carbocycles. The van der Waals surface area contributed by atoms with Gasteiger partial charge < -0.3 is 14.2 Å². The Hall–Kier alpha value is -1.62. The molecule has 5 heteroatoms. The first-order valence-corrected chi connectivity index (χ1v) is 5.18.